The molecule has 4 heteroatoms. The molecular formula is C11H25N3O. The molecule has 90 valence electrons. The molecule has 0 spiro atoms. The SMILES string of the molecule is CCCCC(N)C(=O)NC(C)CN(C)C. The zero-order chi connectivity index (χ0) is 11.8. The first-order valence-corrected chi connectivity index (χ1v) is 5.68. The highest BCUT2D eigenvalue weighted by Crippen LogP contribution is 1.98. The van der Waals surface area contributed by atoms with E-state index in [0.29, 0.717) is 0 Å². The predicted octanol–water partition coefficient (Wildman–Crippen LogP) is 0.570. The molecule has 15 heavy (non-hydrogen) atoms. The first kappa shape index (κ1) is 14.4. The van der Waals surface area contributed by atoms with Crippen molar-refractivity contribution in [3.8, 4) is 0 Å². The summed E-state index contributed by atoms with van der Waals surface area (Å²) in [7, 11) is 3.97. The van der Waals surface area contributed by atoms with Gasteiger partial charge in [0.1, 0.15) is 0 Å². The second-order valence-corrected chi connectivity index (χ2v) is 4.42. The van der Waals surface area contributed by atoms with E-state index in [4.69, 9.17) is 5.73 Å². The Hall–Kier alpha value is -0.610. The smallest absolute Gasteiger partial charge is 0.237 e. The highest BCUT2D eigenvalue weighted by atomic mass is 16.2. The summed E-state index contributed by atoms with van der Waals surface area (Å²) >= 11 is 0. The summed E-state index contributed by atoms with van der Waals surface area (Å²) in [5.41, 5.74) is 5.76. The minimum absolute atomic E-state index is 0.0298. The molecule has 0 saturated heterocycles. The van der Waals surface area contributed by atoms with E-state index in [9.17, 15) is 4.79 Å². The standard InChI is InChI=1S/C11H25N3O/c1-5-6-7-10(12)11(15)13-9(2)8-14(3)4/h9-10H,5-8,12H2,1-4H3,(H,13,15). The van der Waals surface area contributed by atoms with Crippen LogP contribution in [0.5, 0.6) is 0 Å². The number of hydrogen-bond donors (Lipinski definition) is 2. The van der Waals surface area contributed by atoms with Gasteiger partial charge in [-0.25, -0.2) is 0 Å². The molecule has 0 fully saturated rings. The summed E-state index contributed by atoms with van der Waals surface area (Å²) in [5.74, 6) is -0.0298. The number of carbonyl (C=O) groups excluding carboxylic acids is 1. The quantitative estimate of drug-likeness (QED) is 0.653. The fraction of sp³-hybridized carbons (Fsp3) is 0.909. The average Bonchev–Trinajstić information content (AvgIpc) is 2.12. The number of unbranched alkanes of at least 4 members (excludes halogenated alkanes) is 1. The maximum Gasteiger partial charge on any atom is 0.237 e. The highest BCUT2D eigenvalue weighted by Gasteiger charge is 2.15. The van der Waals surface area contributed by atoms with E-state index in [1.807, 2.05) is 25.9 Å². The maximum absolute atomic E-state index is 11.6. The van der Waals surface area contributed by atoms with E-state index in [0.717, 1.165) is 25.8 Å². The van der Waals surface area contributed by atoms with Crippen LogP contribution in [0.2, 0.25) is 0 Å². The van der Waals surface area contributed by atoms with Crippen molar-refractivity contribution in [2.45, 2.75) is 45.2 Å². The lowest BCUT2D eigenvalue weighted by Gasteiger charge is -2.20. The van der Waals surface area contributed by atoms with E-state index < -0.39 is 0 Å². The summed E-state index contributed by atoms with van der Waals surface area (Å²) in [5, 5.41) is 2.91. The molecule has 0 rings (SSSR count). The van der Waals surface area contributed by atoms with Crippen LogP contribution in [0.1, 0.15) is 33.1 Å². The van der Waals surface area contributed by atoms with Crippen molar-refractivity contribution in [1.82, 2.24) is 10.2 Å². The third kappa shape index (κ3) is 7.33. The van der Waals surface area contributed by atoms with Crippen LogP contribution in [-0.2, 0) is 4.79 Å². The molecule has 3 N–H and O–H groups in total. The number of hydrogen-bond acceptors (Lipinski definition) is 3. The molecule has 0 heterocycles. The summed E-state index contributed by atoms with van der Waals surface area (Å²) < 4.78 is 0. The van der Waals surface area contributed by atoms with Gasteiger partial charge in [-0.1, -0.05) is 19.8 Å². The lowest BCUT2D eigenvalue weighted by Crippen LogP contribution is -2.47. The van der Waals surface area contributed by atoms with Gasteiger partial charge in [0.2, 0.25) is 5.91 Å². The molecule has 0 aliphatic rings. The summed E-state index contributed by atoms with van der Waals surface area (Å²) in [4.78, 5) is 13.6. The molecule has 0 aliphatic carbocycles. The Morgan fingerprint density at radius 2 is 2.07 bits per heavy atom. The van der Waals surface area contributed by atoms with Crippen molar-refractivity contribution in [3.63, 3.8) is 0 Å². The van der Waals surface area contributed by atoms with Crippen LogP contribution in [0.25, 0.3) is 0 Å². The topological polar surface area (TPSA) is 58.4 Å². The Morgan fingerprint density at radius 3 is 2.53 bits per heavy atom. The molecule has 0 aromatic rings. The second-order valence-electron chi connectivity index (χ2n) is 4.42. The average molecular weight is 215 g/mol. The van der Waals surface area contributed by atoms with Crippen molar-refractivity contribution in [2.75, 3.05) is 20.6 Å². The number of nitrogens with one attached hydrogen (secondary N) is 1. The van der Waals surface area contributed by atoms with E-state index in [1.165, 1.54) is 0 Å². The van der Waals surface area contributed by atoms with Crippen LogP contribution >= 0.6 is 0 Å². The number of nitrogens with two attached hydrogens (primary N) is 1. The normalized spacial score (nSPS) is 15.1. The van der Waals surface area contributed by atoms with Crippen molar-refractivity contribution >= 4 is 5.91 Å². The predicted molar refractivity (Wildman–Crippen MR) is 63.7 cm³/mol. The lowest BCUT2D eigenvalue weighted by atomic mass is 10.1. The first-order chi connectivity index (χ1) is 6.97. The monoisotopic (exact) mass is 215 g/mol. The van der Waals surface area contributed by atoms with Gasteiger partial charge in [0.05, 0.1) is 6.04 Å². The number of likely N-dealkylation sites (N-methyl/N-ethyl adjacent to an activating group) is 1. The molecule has 0 bridgehead atoms. The van der Waals surface area contributed by atoms with Crippen molar-refractivity contribution in [1.29, 1.82) is 0 Å². The van der Waals surface area contributed by atoms with Crippen LogP contribution in [0.15, 0.2) is 0 Å². The largest absolute Gasteiger partial charge is 0.351 e. The van der Waals surface area contributed by atoms with E-state index in [2.05, 4.69) is 12.2 Å². The zero-order valence-electron chi connectivity index (χ0n) is 10.4. The molecule has 4 nitrogen and oxygen atoms in total. The molecule has 0 aromatic carbocycles. The summed E-state index contributed by atoms with van der Waals surface area (Å²) in [6.45, 7) is 4.93. The van der Waals surface area contributed by atoms with Crippen molar-refractivity contribution in [2.24, 2.45) is 5.73 Å². The minimum Gasteiger partial charge on any atom is -0.351 e. The van der Waals surface area contributed by atoms with Gasteiger partial charge >= 0.3 is 0 Å². The van der Waals surface area contributed by atoms with Crippen LogP contribution in [0.3, 0.4) is 0 Å². The van der Waals surface area contributed by atoms with E-state index in [-0.39, 0.29) is 18.0 Å². The minimum atomic E-state index is -0.352. The molecular weight excluding hydrogens is 190 g/mol. The number of amides is 1. The van der Waals surface area contributed by atoms with Crippen LogP contribution in [-0.4, -0.2) is 43.5 Å². The van der Waals surface area contributed by atoms with Crippen LogP contribution in [0.4, 0.5) is 0 Å². The molecule has 0 aromatic heterocycles. The first-order valence-electron chi connectivity index (χ1n) is 5.68. The molecule has 0 aliphatic heterocycles. The van der Waals surface area contributed by atoms with Gasteiger partial charge in [-0.3, -0.25) is 4.79 Å². The molecule has 0 radical (unpaired) electrons. The Balaban J connectivity index is 3.80. The molecule has 1 amide bonds. The lowest BCUT2D eigenvalue weighted by molar-refractivity contribution is -0.123. The third-order valence-electron chi connectivity index (χ3n) is 2.23. The van der Waals surface area contributed by atoms with Gasteiger partial charge in [-0.15, -0.1) is 0 Å². The number of nitrogens with zero attached hydrogens (tertiary/aromatic N) is 1. The van der Waals surface area contributed by atoms with Gasteiger partial charge in [0.25, 0.3) is 0 Å². The van der Waals surface area contributed by atoms with Crippen LogP contribution < -0.4 is 11.1 Å². The fourth-order valence-electron chi connectivity index (χ4n) is 1.50. The molecule has 2 unspecified atom stereocenters. The van der Waals surface area contributed by atoms with Gasteiger partial charge in [0.15, 0.2) is 0 Å². The van der Waals surface area contributed by atoms with Crippen molar-refractivity contribution < 1.29 is 4.79 Å². The number of carbonyl (C=O) groups is 1. The maximum atomic E-state index is 11.6. The van der Waals surface area contributed by atoms with E-state index >= 15 is 0 Å². The van der Waals surface area contributed by atoms with Gasteiger partial charge in [-0.2, -0.15) is 0 Å². The summed E-state index contributed by atoms with van der Waals surface area (Å²) in [6, 6.07) is -0.199. The van der Waals surface area contributed by atoms with Gasteiger partial charge in [0, 0.05) is 12.6 Å². The van der Waals surface area contributed by atoms with Gasteiger partial charge < -0.3 is 16.0 Å². The van der Waals surface area contributed by atoms with E-state index in [1.54, 1.807) is 0 Å². The molecule has 0 saturated carbocycles. The Labute approximate surface area is 93.2 Å². The Morgan fingerprint density at radius 1 is 1.47 bits per heavy atom. The number of rotatable bonds is 7. The second kappa shape index (κ2) is 7.65. The summed E-state index contributed by atoms with van der Waals surface area (Å²) in [6.07, 6.45) is 2.86. The van der Waals surface area contributed by atoms with Crippen LogP contribution in [0, 0.1) is 0 Å². The third-order valence-corrected chi connectivity index (χ3v) is 2.23. The molecule has 2 atom stereocenters. The fourth-order valence-corrected chi connectivity index (χ4v) is 1.50. The Bertz CT molecular complexity index is 183. The van der Waals surface area contributed by atoms with Crippen molar-refractivity contribution in [3.05, 3.63) is 0 Å². The Kier molecular flexibility index (Phi) is 7.34. The zero-order valence-corrected chi connectivity index (χ0v) is 10.4. The van der Waals surface area contributed by atoms with Gasteiger partial charge in [-0.05, 0) is 27.4 Å². The highest BCUT2D eigenvalue weighted by molar-refractivity contribution is 5.81.